The Hall–Kier alpha value is -1.76. The number of benzene rings is 1. The van der Waals surface area contributed by atoms with Gasteiger partial charge in [0.2, 0.25) is 5.91 Å². The number of carbonyl (C=O) groups excluding carboxylic acids is 1. The molecule has 6 heteroatoms. The van der Waals surface area contributed by atoms with E-state index in [1.807, 2.05) is 41.8 Å². The van der Waals surface area contributed by atoms with Gasteiger partial charge < -0.3 is 5.32 Å². The molecule has 110 valence electrons. The molecule has 0 saturated heterocycles. The zero-order valence-electron chi connectivity index (χ0n) is 11.3. The summed E-state index contributed by atoms with van der Waals surface area (Å²) in [5.74, 6) is -0.147. The quantitative estimate of drug-likeness (QED) is 0.615. The lowest BCUT2D eigenvalue weighted by Crippen LogP contribution is -2.07. The molecule has 0 spiro atoms. The van der Waals surface area contributed by atoms with Gasteiger partial charge in [-0.3, -0.25) is 4.79 Å². The van der Waals surface area contributed by atoms with Crippen LogP contribution >= 0.6 is 38.6 Å². The summed E-state index contributed by atoms with van der Waals surface area (Å²) in [6, 6.07) is 11.6. The van der Waals surface area contributed by atoms with Gasteiger partial charge in [-0.15, -0.1) is 22.7 Å². The van der Waals surface area contributed by atoms with E-state index in [0.717, 1.165) is 24.9 Å². The van der Waals surface area contributed by atoms with Crippen LogP contribution in [0, 0.1) is 0 Å². The van der Waals surface area contributed by atoms with E-state index in [1.165, 1.54) is 6.08 Å². The van der Waals surface area contributed by atoms with Crippen LogP contribution in [0.5, 0.6) is 0 Å². The van der Waals surface area contributed by atoms with Crippen molar-refractivity contribution in [2.45, 2.75) is 0 Å². The molecule has 3 aromatic rings. The highest BCUT2D eigenvalue weighted by Gasteiger charge is 2.02. The molecular weight excluding hydrogens is 380 g/mol. The molecule has 3 rings (SSSR count). The Kier molecular flexibility index (Phi) is 4.82. The number of amides is 1. The van der Waals surface area contributed by atoms with Crippen LogP contribution in [0.4, 0.5) is 5.69 Å². The van der Waals surface area contributed by atoms with Crippen LogP contribution in [0.2, 0.25) is 0 Å². The first kappa shape index (κ1) is 15.1. The fourth-order valence-corrected chi connectivity index (χ4v) is 3.79. The minimum atomic E-state index is -0.147. The van der Waals surface area contributed by atoms with Gasteiger partial charge in [-0.25, -0.2) is 4.98 Å². The average molecular weight is 391 g/mol. The Morgan fingerprint density at radius 3 is 2.64 bits per heavy atom. The van der Waals surface area contributed by atoms with Crippen LogP contribution < -0.4 is 5.32 Å². The minimum Gasteiger partial charge on any atom is -0.323 e. The molecule has 0 atom stereocenters. The van der Waals surface area contributed by atoms with Crippen molar-refractivity contribution >= 4 is 56.3 Å². The highest BCUT2D eigenvalue weighted by Crippen LogP contribution is 2.24. The molecule has 0 fully saturated rings. The molecule has 1 aromatic carbocycles. The van der Waals surface area contributed by atoms with Gasteiger partial charge in [-0.1, -0.05) is 0 Å². The SMILES string of the molecule is O=C(/C=C/c1ccc(Br)s1)Nc1ccc(-c2nccs2)cc1. The number of nitrogens with zero attached hydrogens (tertiary/aromatic N) is 1. The van der Waals surface area contributed by atoms with Crippen LogP contribution in [0.15, 0.2) is 57.8 Å². The predicted molar refractivity (Wildman–Crippen MR) is 97.2 cm³/mol. The number of nitrogens with one attached hydrogen (secondary N) is 1. The van der Waals surface area contributed by atoms with Crippen molar-refractivity contribution in [1.29, 1.82) is 0 Å². The summed E-state index contributed by atoms with van der Waals surface area (Å²) >= 11 is 6.57. The lowest BCUT2D eigenvalue weighted by Gasteiger charge is -2.03. The smallest absolute Gasteiger partial charge is 0.248 e. The average Bonchev–Trinajstić information content (AvgIpc) is 3.17. The Labute approximate surface area is 144 Å². The second-order valence-electron chi connectivity index (χ2n) is 4.38. The van der Waals surface area contributed by atoms with Crippen molar-refractivity contribution in [3.8, 4) is 10.6 Å². The maximum atomic E-state index is 11.9. The number of halogens is 1. The van der Waals surface area contributed by atoms with Crippen molar-refractivity contribution in [3.05, 3.63) is 62.7 Å². The van der Waals surface area contributed by atoms with Crippen molar-refractivity contribution < 1.29 is 4.79 Å². The highest BCUT2D eigenvalue weighted by atomic mass is 79.9. The number of hydrogen-bond donors (Lipinski definition) is 1. The van der Waals surface area contributed by atoms with Crippen LogP contribution in [0.1, 0.15) is 4.88 Å². The number of hydrogen-bond acceptors (Lipinski definition) is 4. The Balaban J connectivity index is 1.63. The first-order valence-electron chi connectivity index (χ1n) is 6.45. The van der Waals surface area contributed by atoms with E-state index >= 15 is 0 Å². The molecule has 0 radical (unpaired) electrons. The number of rotatable bonds is 4. The minimum absolute atomic E-state index is 0.147. The second-order valence-corrected chi connectivity index (χ2v) is 7.77. The zero-order valence-corrected chi connectivity index (χ0v) is 14.5. The number of carbonyl (C=O) groups is 1. The molecule has 0 saturated carbocycles. The predicted octanol–water partition coefficient (Wildman–Crippen LogP) is 5.29. The third-order valence-corrected chi connectivity index (χ3v) is 5.24. The molecule has 3 nitrogen and oxygen atoms in total. The first-order valence-corrected chi connectivity index (χ1v) is 8.94. The summed E-state index contributed by atoms with van der Waals surface area (Å²) in [7, 11) is 0. The van der Waals surface area contributed by atoms with Crippen molar-refractivity contribution in [3.63, 3.8) is 0 Å². The van der Waals surface area contributed by atoms with Crippen LogP contribution in [0.3, 0.4) is 0 Å². The lowest BCUT2D eigenvalue weighted by atomic mass is 10.2. The summed E-state index contributed by atoms with van der Waals surface area (Å²) in [5.41, 5.74) is 1.81. The Morgan fingerprint density at radius 2 is 2.00 bits per heavy atom. The van der Waals surface area contributed by atoms with Crippen LogP contribution in [0.25, 0.3) is 16.6 Å². The van der Waals surface area contributed by atoms with Crippen LogP contribution in [-0.2, 0) is 4.79 Å². The lowest BCUT2D eigenvalue weighted by molar-refractivity contribution is -0.111. The maximum absolute atomic E-state index is 11.9. The second kappa shape index (κ2) is 7.00. The number of aromatic nitrogens is 1. The molecule has 0 aliphatic carbocycles. The molecule has 22 heavy (non-hydrogen) atoms. The Bertz CT molecular complexity index is 792. The van der Waals surface area contributed by atoms with Gasteiger partial charge in [0.25, 0.3) is 0 Å². The third-order valence-electron chi connectivity index (χ3n) is 2.82. The number of anilines is 1. The molecule has 0 unspecified atom stereocenters. The molecule has 0 bridgehead atoms. The summed E-state index contributed by atoms with van der Waals surface area (Å²) in [5, 5.41) is 5.76. The van der Waals surface area contributed by atoms with Gasteiger partial charge >= 0.3 is 0 Å². The van der Waals surface area contributed by atoms with Crippen molar-refractivity contribution in [1.82, 2.24) is 4.98 Å². The standard InChI is InChI=1S/C16H11BrN2OS2/c17-14-7-5-13(22-14)6-8-15(20)19-12-3-1-11(2-4-12)16-18-9-10-21-16/h1-10H,(H,19,20)/b8-6+. The van der Waals surface area contributed by atoms with Crippen molar-refractivity contribution in [2.24, 2.45) is 0 Å². The van der Waals surface area contributed by atoms with E-state index in [1.54, 1.807) is 34.9 Å². The number of thiophene rings is 1. The molecule has 0 aliphatic heterocycles. The Morgan fingerprint density at radius 1 is 1.18 bits per heavy atom. The van der Waals surface area contributed by atoms with Gasteiger partial charge in [-0.2, -0.15) is 0 Å². The zero-order chi connectivity index (χ0) is 15.4. The van der Waals surface area contributed by atoms with E-state index < -0.39 is 0 Å². The van der Waals surface area contributed by atoms with Gasteiger partial charge in [0.1, 0.15) is 5.01 Å². The fraction of sp³-hybridized carbons (Fsp3) is 0. The summed E-state index contributed by atoms with van der Waals surface area (Å²) in [6.45, 7) is 0. The molecule has 1 N–H and O–H groups in total. The summed E-state index contributed by atoms with van der Waals surface area (Å²) in [6.07, 6.45) is 5.12. The van der Waals surface area contributed by atoms with E-state index in [-0.39, 0.29) is 5.91 Å². The molecule has 2 aromatic heterocycles. The fourth-order valence-electron chi connectivity index (χ4n) is 1.82. The van der Waals surface area contributed by atoms with Gasteiger partial charge in [0, 0.05) is 33.8 Å². The van der Waals surface area contributed by atoms with E-state index in [0.29, 0.717) is 0 Å². The summed E-state index contributed by atoms with van der Waals surface area (Å²) < 4.78 is 1.05. The van der Waals surface area contributed by atoms with Crippen molar-refractivity contribution in [2.75, 3.05) is 5.32 Å². The highest BCUT2D eigenvalue weighted by molar-refractivity contribution is 9.11. The molecule has 0 aliphatic rings. The maximum Gasteiger partial charge on any atom is 0.248 e. The van der Waals surface area contributed by atoms with E-state index in [9.17, 15) is 4.79 Å². The molecule has 2 heterocycles. The topological polar surface area (TPSA) is 42.0 Å². The van der Waals surface area contributed by atoms with Gasteiger partial charge in [-0.05, 0) is 58.4 Å². The largest absolute Gasteiger partial charge is 0.323 e. The van der Waals surface area contributed by atoms with Gasteiger partial charge in [0.05, 0.1) is 3.79 Å². The number of thiazole rings is 1. The van der Waals surface area contributed by atoms with Gasteiger partial charge in [0.15, 0.2) is 0 Å². The first-order chi connectivity index (χ1) is 10.7. The monoisotopic (exact) mass is 390 g/mol. The van der Waals surface area contributed by atoms with E-state index in [2.05, 4.69) is 26.2 Å². The summed E-state index contributed by atoms with van der Waals surface area (Å²) in [4.78, 5) is 17.2. The normalized spacial score (nSPS) is 11.0. The third kappa shape index (κ3) is 3.91. The van der Waals surface area contributed by atoms with E-state index in [4.69, 9.17) is 0 Å². The molecular formula is C16H11BrN2OS2. The van der Waals surface area contributed by atoms with Crippen LogP contribution in [-0.4, -0.2) is 10.9 Å². The molecule has 1 amide bonds.